The molecule has 4 aromatic rings. The van der Waals surface area contributed by atoms with Gasteiger partial charge in [-0.05, 0) is 43.7 Å². The van der Waals surface area contributed by atoms with Crippen molar-refractivity contribution in [1.82, 2.24) is 24.4 Å². The normalized spacial score (nSPS) is 17.8. The van der Waals surface area contributed by atoms with Gasteiger partial charge in [-0.3, -0.25) is 4.90 Å². The van der Waals surface area contributed by atoms with Gasteiger partial charge in [-0.25, -0.2) is 19.2 Å². The fraction of sp³-hybridized carbons (Fsp3) is 0.367. The Balaban J connectivity index is 1.15. The van der Waals surface area contributed by atoms with E-state index in [0.29, 0.717) is 38.7 Å². The number of fused-ring (bicyclic) bond motifs is 1. The van der Waals surface area contributed by atoms with E-state index in [0.717, 1.165) is 42.1 Å². The minimum Gasteiger partial charge on any atom is -0.478 e. The number of carboxylic acids is 1. The van der Waals surface area contributed by atoms with Gasteiger partial charge in [-0.15, -0.1) is 0 Å². The van der Waals surface area contributed by atoms with E-state index in [-0.39, 0.29) is 41.3 Å². The molecule has 13 heteroatoms. The van der Waals surface area contributed by atoms with Crippen LogP contribution in [0.2, 0.25) is 0 Å². The van der Waals surface area contributed by atoms with Crippen molar-refractivity contribution in [3.05, 3.63) is 76.7 Å². The summed E-state index contributed by atoms with van der Waals surface area (Å²) < 4.78 is 42.0. The maximum absolute atomic E-state index is 14.5. The lowest BCUT2D eigenvalue weighted by Crippen LogP contribution is -2.48. The van der Waals surface area contributed by atoms with Crippen LogP contribution in [-0.4, -0.2) is 74.4 Å². The number of anilines is 1. The SMILES string of the molecule is CC(c1nc2ccc(C(=O)O)cc2n1C[C@@H]1CCO1)N1CCN(c2ncc(F)c(OCc3ccc(C#N)cc3F)n2)CC1. The Hall–Kier alpha value is -4.67. The highest BCUT2D eigenvalue weighted by Crippen LogP contribution is 2.29. The van der Waals surface area contributed by atoms with Crippen molar-refractivity contribution in [3.63, 3.8) is 0 Å². The van der Waals surface area contributed by atoms with E-state index < -0.39 is 17.6 Å². The second kappa shape index (κ2) is 11.9. The second-order valence-electron chi connectivity index (χ2n) is 10.6. The molecule has 2 saturated heterocycles. The molecule has 43 heavy (non-hydrogen) atoms. The van der Waals surface area contributed by atoms with E-state index >= 15 is 0 Å². The van der Waals surface area contributed by atoms with Gasteiger partial charge in [0.1, 0.15) is 18.2 Å². The molecule has 0 bridgehead atoms. The summed E-state index contributed by atoms with van der Waals surface area (Å²) in [6.45, 7) is 5.57. The van der Waals surface area contributed by atoms with Crippen LogP contribution >= 0.6 is 0 Å². The third kappa shape index (κ3) is 5.84. The fourth-order valence-electron chi connectivity index (χ4n) is 5.37. The Morgan fingerprint density at radius 3 is 2.63 bits per heavy atom. The fourth-order valence-corrected chi connectivity index (χ4v) is 5.37. The monoisotopic (exact) mass is 589 g/mol. The number of rotatable bonds is 9. The molecular weight excluding hydrogens is 560 g/mol. The molecule has 0 saturated carbocycles. The molecule has 2 aromatic carbocycles. The summed E-state index contributed by atoms with van der Waals surface area (Å²) in [5.74, 6) is -1.50. The van der Waals surface area contributed by atoms with Crippen LogP contribution in [0.1, 0.15) is 46.7 Å². The Labute approximate surface area is 245 Å². The lowest BCUT2D eigenvalue weighted by atomic mass is 10.1. The topological polar surface area (TPSA) is 130 Å². The molecule has 0 radical (unpaired) electrons. The molecular formula is C30H29F2N7O4. The first-order valence-electron chi connectivity index (χ1n) is 14.0. The van der Waals surface area contributed by atoms with Gasteiger partial charge >= 0.3 is 5.97 Å². The van der Waals surface area contributed by atoms with Gasteiger partial charge in [0.05, 0.1) is 53.1 Å². The summed E-state index contributed by atoms with van der Waals surface area (Å²) >= 11 is 0. The van der Waals surface area contributed by atoms with Crippen LogP contribution in [-0.2, 0) is 17.9 Å². The smallest absolute Gasteiger partial charge is 0.335 e. The third-order valence-corrected chi connectivity index (χ3v) is 7.97. The first-order chi connectivity index (χ1) is 20.8. The summed E-state index contributed by atoms with van der Waals surface area (Å²) in [6, 6.07) is 10.8. The highest BCUT2D eigenvalue weighted by atomic mass is 19.1. The zero-order valence-corrected chi connectivity index (χ0v) is 23.4. The number of piperazine rings is 1. The van der Waals surface area contributed by atoms with Gasteiger partial charge in [0.25, 0.3) is 5.88 Å². The van der Waals surface area contributed by atoms with Crippen molar-refractivity contribution in [1.29, 1.82) is 5.26 Å². The van der Waals surface area contributed by atoms with Crippen molar-refractivity contribution >= 4 is 23.0 Å². The Bertz CT molecular complexity index is 1710. The number of aromatic nitrogens is 4. The quantitative estimate of drug-likeness (QED) is 0.307. The number of halogens is 2. The van der Waals surface area contributed by atoms with E-state index in [1.807, 2.05) is 11.0 Å². The van der Waals surface area contributed by atoms with E-state index in [1.54, 1.807) is 18.2 Å². The van der Waals surface area contributed by atoms with Crippen molar-refractivity contribution < 1.29 is 28.2 Å². The van der Waals surface area contributed by atoms with E-state index in [4.69, 9.17) is 19.7 Å². The molecule has 1 unspecified atom stereocenters. The average Bonchev–Trinajstić information content (AvgIpc) is 3.36. The molecule has 2 aliphatic rings. The Kier molecular flexibility index (Phi) is 7.88. The van der Waals surface area contributed by atoms with Crippen LogP contribution in [0.25, 0.3) is 11.0 Å². The van der Waals surface area contributed by atoms with Crippen LogP contribution in [0.3, 0.4) is 0 Å². The lowest BCUT2D eigenvalue weighted by molar-refractivity contribution is -0.0594. The molecule has 2 aliphatic heterocycles. The van der Waals surface area contributed by atoms with Gasteiger partial charge in [-0.1, -0.05) is 6.07 Å². The predicted octanol–water partition coefficient (Wildman–Crippen LogP) is 3.93. The average molecular weight is 590 g/mol. The molecule has 0 spiro atoms. The van der Waals surface area contributed by atoms with Crippen LogP contribution in [0.15, 0.2) is 42.6 Å². The van der Waals surface area contributed by atoms with Crippen LogP contribution in [0.5, 0.6) is 5.88 Å². The molecule has 11 nitrogen and oxygen atoms in total. The number of aromatic carboxylic acids is 1. The third-order valence-electron chi connectivity index (χ3n) is 7.97. The van der Waals surface area contributed by atoms with Crippen LogP contribution < -0.4 is 9.64 Å². The number of carbonyl (C=O) groups is 1. The number of hydrogen-bond donors (Lipinski definition) is 1. The Morgan fingerprint density at radius 1 is 1.16 bits per heavy atom. The highest BCUT2D eigenvalue weighted by molar-refractivity contribution is 5.92. The van der Waals surface area contributed by atoms with E-state index in [1.165, 1.54) is 12.1 Å². The molecule has 6 rings (SSSR count). The molecule has 2 fully saturated rings. The molecule has 0 amide bonds. The van der Waals surface area contributed by atoms with Gasteiger partial charge in [0, 0.05) is 38.3 Å². The minimum absolute atomic E-state index is 0.0640. The summed E-state index contributed by atoms with van der Waals surface area (Å²) in [5, 5.41) is 18.4. The standard InChI is InChI=1S/C30H29F2N7O4/c1-18(27-35-25-5-4-20(29(40)41)13-26(25)39(27)16-22-6-11-42-22)37-7-9-38(10-8-37)30-34-15-24(32)28(36-30)43-17-21-3-2-19(14-33)12-23(21)31/h2-5,12-13,15,18,22H,6-11,16-17H2,1H3,(H,40,41)/t18?,22-/m0/s1. The number of benzene rings is 2. The molecule has 1 N–H and O–H groups in total. The Morgan fingerprint density at radius 2 is 1.95 bits per heavy atom. The number of ether oxygens (including phenoxy) is 2. The largest absolute Gasteiger partial charge is 0.478 e. The summed E-state index contributed by atoms with van der Waals surface area (Å²) in [6.07, 6.45) is 2.04. The molecule has 0 aliphatic carbocycles. The van der Waals surface area contributed by atoms with Crippen LogP contribution in [0, 0.1) is 23.0 Å². The second-order valence-corrected chi connectivity index (χ2v) is 10.6. The van der Waals surface area contributed by atoms with Gasteiger partial charge in [0.2, 0.25) is 11.8 Å². The van der Waals surface area contributed by atoms with Crippen molar-refractivity contribution in [2.45, 2.75) is 38.6 Å². The number of carboxylic acid groups (broad SMARTS) is 1. The molecule has 4 heterocycles. The van der Waals surface area contributed by atoms with Gasteiger partial charge < -0.3 is 24.0 Å². The molecule has 2 aromatic heterocycles. The number of nitrogens with zero attached hydrogens (tertiary/aromatic N) is 7. The maximum atomic E-state index is 14.5. The van der Waals surface area contributed by atoms with E-state index in [2.05, 4.69) is 26.4 Å². The van der Waals surface area contributed by atoms with E-state index in [9.17, 15) is 18.7 Å². The van der Waals surface area contributed by atoms with Crippen molar-refractivity contribution in [2.24, 2.45) is 0 Å². The number of hydrogen-bond acceptors (Lipinski definition) is 9. The van der Waals surface area contributed by atoms with Crippen molar-refractivity contribution in [2.75, 3.05) is 37.7 Å². The minimum atomic E-state index is -0.988. The molecule has 2 atom stereocenters. The van der Waals surface area contributed by atoms with Crippen molar-refractivity contribution in [3.8, 4) is 11.9 Å². The molecule has 222 valence electrons. The lowest BCUT2D eigenvalue weighted by Gasteiger charge is -2.38. The first-order valence-corrected chi connectivity index (χ1v) is 14.0. The summed E-state index contributed by atoms with van der Waals surface area (Å²) in [7, 11) is 0. The number of imidazole rings is 1. The first kappa shape index (κ1) is 28.4. The predicted molar refractivity (Wildman–Crippen MR) is 151 cm³/mol. The zero-order valence-electron chi connectivity index (χ0n) is 23.4. The van der Waals surface area contributed by atoms with Gasteiger partial charge in [-0.2, -0.15) is 14.6 Å². The summed E-state index contributed by atoms with van der Waals surface area (Å²) in [4.78, 5) is 29.1. The maximum Gasteiger partial charge on any atom is 0.335 e. The summed E-state index contributed by atoms with van der Waals surface area (Å²) in [5.41, 5.74) is 2.07. The number of nitriles is 1. The zero-order chi connectivity index (χ0) is 30.1. The van der Waals surface area contributed by atoms with Gasteiger partial charge in [0.15, 0.2) is 0 Å². The highest BCUT2D eigenvalue weighted by Gasteiger charge is 2.29. The van der Waals surface area contributed by atoms with Crippen LogP contribution in [0.4, 0.5) is 14.7 Å².